The van der Waals surface area contributed by atoms with Gasteiger partial charge in [-0.05, 0) is 67.1 Å². The summed E-state index contributed by atoms with van der Waals surface area (Å²) in [6.07, 6.45) is 6.69. The van der Waals surface area contributed by atoms with Crippen molar-refractivity contribution in [1.29, 1.82) is 0 Å². The van der Waals surface area contributed by atoms with Gasteiger partial charge in [0.25, 0.3) is 0 Å². The molecule has 2 saturated carbocycles. The molecule has 0 aromatic heterocycles. The molecular weight excluding hydrogens is 576 g/mol. The number of nitrogens with one attached hydrogen (secondary N) is 3. The van der Waals surface area contributed by atoms with Crippen LogP contribution < -0.4 is 16.0 Å². The fraction of sp³-hybridized carbons (Fsp3) is 0.647. The lowest BCUT2D eigenvalue weighted by molar-refractivity contribution is -0.142. The van der Waals surface area contributed by atoms with Crippen molar-refractivity contribution in [3.8, 4) is 0 Å². The minimum Gasteiger partial charge on any atom is -0.461 e. The van der Waals surface area contributed by atoms with Crippen molar-refractivity contribution in [2.75, 3.05) is 11.9 Å². The number of fused-ring (bicyclic) bond motifs is 1. The zero-order valence-corrected chi connectivity index (χ0v) is 27.0. The Labute approximate surface area is 265 Å². The SMILES string of the molecule is CCCCC(NC(=O)C(NC(=O)CCCCCN1C(=O)CC(C23CC2C3)C1=O)C(C)C)C(=O)Nc1ccc(COC(C)=O)cc1. The molecule has 0 spiro atoms. The Kier molecular flexibility index (Phi) is 11.4. The highest BCUT2D eigenvalue weighted by Crippen LogP contribution is 2.80. The summed E-state index contributed by atoms with van der Waals surface area (Å²) in [6, 6.07) is 5.33. The third-order valence-electron chi connectivity index (χ3n) is 9.38. The van der Waals surface area contributed by atoms with E-state index in [1.165, 1.54) is 11.8 Å². The van der Waals surface area contributed by atoms with Gasteiger partial charge in [0.05, 0.1) is 5.92 Å². The quantitative estimate of drug-likeness (QED) is 0.128. The summed E-state index contributed by atoms with van der Waals surface area (Å²) < 4.78 is 4.99. The lowest BCUT2D eigenvalue weighted by atomic mass is 9.94. The number of anilines is 1. The van der Waals surface area contributed by atoms with E-state index in [0.717, 1.165) is 31.2 Å². The molecular formula is C34H48N4O7. The van der Waals surface area contributed by atoms with Crippen molar-refractivity contribution in [1.82, 2.24) is 15.5 Å². The molecule has 246 valence electrons. The maximum atomic E-state index is 13.3. The first-order valence-electron chi connectivity index (χ1n) is 16.4. The van der Waals surface area contributed by atoms with Crippen LogP contribution in [-0.4, -0.2) is 59.0 Å². The molecule has 3 fully saturated rings. The van der Waals surface area contributed by atoms with Gasteiger partial charge >= 0.3 is 5.97 Å². The van der Waals surface area contributed by atoms with E-state index in [-0.39, 0.29) is 59.9 Å². The molecule has 1 aromatic rings. The predicted molar refractivity (Wildman–Crippen MR) is 167 cm³/mol. The number of amides is 5. The smallest absolute Gasteiger partial charge is 0.302 e. The average Bonchev–Trinajstić information content (AvgIpc) is 3.86. The van der Waals surface area contributed by atoms with E-state index >= 15 is 0 Å². The number of nitrogens with zero attached hydrogens (tertiary/aromatic N) is 1. The van der Waals surface area contributed by atoms with E-state index in [0.29, 0.717) is 50.3 Å². The Balaban J connectivity index is 1.21. The van der Waals surface area contributed by atoms with Crippen LogP contribution in [-0.2, 0) is 40.1 Å². The van der Waals surface area contributed by atoms with Gasteiger partial charge < -0.3 is 20.7 Å². The second-order valence-corrected chi connectivity index (χ2v) is 13.2. The summed E-state index contributed by atoms with van der Waals surface area (Å²) in [6.45, 7) is 7.56. The third kappa shape index (κ3) is 8.92. The van der Waals surface area contributed by atoms with Crippen molar-refractivity contribution in [3.05, 3.63) is 29.8 Å². The summed E-state index contributed by atoms with van der Waals surface area (Å²) >= 11 is 0. The van der Waals surface area contributed by atoms with Crippen LogP contribution in [0, 0.1) is 23.2 Å². The van der Waals surface area contributed by atoms with Gasteiger partial charge in [0.1, 0.15) is 18.7 Å². The van der Waals surface area contributed by atoms with Crippen molar-refractivity contribution in [2.24, 2.45) is 23.2 Å². The number of unbranched alkanes of at least 4 members (excludes halogenated alkanes) is 3. The Morgan fingerprint density at radius 3 is 2.27 bits per heavy atom. The summed E-state index contributed by atoms with van der Waals surface area (Å²) in [4.78, 5) is 76.8. The molecule has 5 amide bonds. The van der Waals surface area contributed by atoms with Gasteiger partial charge in [0.15, 0.2) is 0 Å². The molecule has 2 aliphatic carbocycles. The first-order chi connectivity index (χ1) is 21.4. The molecule has 1 heterocycles. The van der Waals surface area contributed by atoms with Gasteiger partial charge in [-0.25, -0.2) is 0 Å². The highest BCUT2D eigenvalue weighted by molar-refractivity contribution is 6.04. The molecule has 3 atom stereocenters. The molecule has 3 aliphatic rings. The largest absolute Gasteiger partial charge is 0.461 e. The topological polar surface area (TPSA) is 151 Å². The van der Waals surface area contributed by atoms with Crippen LogP contribution in [0.15, 0.2) is 24.3 Å². The number of benzene rings is 1. The Morgan fingerprint density at radius 1 is 0.978 bits per heavy atom. The normalized spacial score (nSPS) is 22.8. The van der Waals surface area contributed by atoms with Crippen LogP contribution in [0.2, 0.25) is 0 Å². The highest BCUT2D eigenvalue weighted by Gasteiger charge is 2.75. The summed E-state index contributed by atoms with van der Waals surface area (Å²) in [5.41, 5.74) is 1.48. The van der Waals surface area contributed by atoms with Crippen LogP contribution in [0.3, 0.4) is 0 Å². The van der Waals surface area contributed by atoms with Crippen molar-refractivity contribution < 1.29 is 33.5 Å². The maximum absolute atomic E-state index is 13.3. The third-order valence-corrected chi connectivity index (χ3v) is 9.38. The second-order valence-electron chi connectivity index (χ2n) is 13.2. The van der Waals surface area contributed by atoms with Gasteiger partial charge in [0.2, 0.25) is 29.5 Å². The number of esters is 1. The minimum absolute atomic E-state index is 0.0105. The van der Waals surface area contributed by atoms with Crippen molar-refractivity contribution >= 4 is 41.2 Å². The Morgan fingerprint density at radius 2 is 1.67 bits per heavy atom. The van der Waals surface area contributed by atoms with Crippen LogP contribution >= 0.6 is 0 Å². The maximum Gasteiger partial charge on any atom is 0.302 e. The molecule has 1 aliphatic heterocycles. The van der Waals surface area contributed by atoms with Gasteiger partial charge in [-0.15, -0.1) is 0 Å². The first-order valence-corrected chi connectivity index (χ1v) is 16.4. The Bertz CT molecular complexity index is 1270. The molecule has 4 rings (SSSR count). The zero-order chi connectivity index (χ0) is 32.7. The number of ether oxygens (including phenoxy) is 1. The van der Waals surface area contributed by atoms with Crippen LogP contribution in [0.5, 0.6) is 0 Å². The molecule has 1 aromatic carbocycles. The lowest BCUT2D eigenvalue weighted by Crippen LogP contribution is -2.54. The predicted octanol–water partition coefficient (Wildman–Crippen LogP) is 3.85. The van der Waals surface area contributed by atoms with Gasteiger partial charge in [0, 0.05) is 32.0 Å². The zero-order valence-electron chi connectivity index (χ0n) is 27.0. The number of carbonyl (C=O) groups is 6. The van der Waals surface area contributed by atoms with E-state index in [2.05, 4.69) is 16.0 Å². The first kappa shape index (κ1) is 34.1. The summed E-state index contributed by atoms with van der Waals surface area (Å²) in [7, 11) is 0. The van der Waals surface area contributed by atoms with Gasteiger partial charge in [-0.2, -0.15) is 0 Å². The number of hydrogen-bond donors (Lipinski definition) is 3. The van der Waals surface area contributed by atoms with E-state index in [1.807, 2.05) is 20.8 Å². The molecule has 11 heteroatoms. The van der Waals surface area contributed by atoms with E-state index in [1.54, 1.807) is 24.3 Å². The van der Waals surface area contributed by atoms with E-state index < -0.39 is 18.0 Å². The fourth-order valence-electron chi connectivity index (χ4n) is 6.23. The fourth-order valence-corrected chi connectivity index (χ4v) is 6.23. The second kappa shape index (κ2) is 15.0. The molecule has 1 saturated heterocycles. The van der Waals surface area contributed by atoms with Crippen LogP contribution in [0.25, 0.3) is 0 Å². The van der Waals surface area contributed by atoms with E-state index in [4.69, 9.17) is 4.74 Å². The monoisotopic (exact) mass is 624 g/mol. The van der Waals surface area contributed by atoms with Crippen LogP contribution in [0.4, 0.5) is 5.69 Å². The molecule has 0 bridgehead atoms. The number of imide groups is 1. The average molecular weight is 625 g/mol. The molecule has 3 unspecified atom stereocenters. The lowest BCUT2D eigenvalue weighted by Gasteiger charge is -2.25. The number of hydrogen-bond acceptors (Lipinski definition) is 7. The number of rotatable bonds is 18. The van der Waals surface area contributed by atoms with Gasteiger partial charge in [-0.1, -0.05) is 52.2 Å². The molecule has 3 N–H and O–H groups in total. The number of carbonyl (C=O) groups excluding carboxylic acids is 6. The van der Waals surface area contributed by atoms with Crippen LogP contribution in [0.1, 0.15) is 97.5 Å². The van der Waals surface area contributed by atoms with Crippen molar-refractivity contribution in [3.63, 3.8) is 0 Å². The molecule has 11 nitrogen and oxygen atoms in total. The minimum atomic E-state index is -0.806. The van der Waals surface area contributed by atoms with E-state index in [9.17, 15) is 28.8 Å². The summed E-state index contributed by atoms with van der Waals surface area (Å²) in [5, 5.41) is 8.53. The molecule has 45 heavy (non-hydrogen) atoms. The highest BCUT2D eigenvalue weighted by atomic mass is 16.5. The summed E-state index contributed by atoms with van der Waals surface area (Å²) in [5.74, 6) is -1.13. The Hall–Kier alpha value is -3.76. The van der Waals surface area contributed by atoms with Crippen molar-refractivity contribution in [2.45, 2.75) is 111 Å². The number of likely N-dealkylation sites (tertiary alicyclic amines) is 1. The standard InChI is InChI=1S/C34H48N4O7/c1-5-6-10-27(31(42)35-25-14-12-23(13-15-25)20-45-22(4)39)36-32(43)30(21(2)3)37-28(40)11-8-7-9-16-38-29(41)17-26(33(38)44)34-18-24(34)19-34/h12-15,21,24,26-27,30H,5-11,16-20H2,1-4H3,(H,35,42)(H,36,43)(H,37,40). The van der Waals surface area contributed by atoms with Gasteiger partial charge in [-0.3, -0.25) is 33.7 Å². The molecule has 0 radical (unpaired) electrons.